The average molecular weight is 266 g/mol. The molecule has 0 aromatic carbocycles. The van der Waals surface area contributed by atoms with Crippen LogP contribution in [-0.4, -0.2) is 56.4 Å². The van der Waals surface area contributed by atoms with Crippen LogP contribution in [0.25, 0.3) is 11.0 Å². The summed E-state index contributed by atoms with van der Waals surface area (Å²) in [4.78, 5) is 23.0. The van der Waals surface area contributed by atoms with E-state index in [1.54, 1.807) is 6.20 Å². The van der Waals surface area contributed by atoms with Crippen molar-refractivity contribution in [2.75, 3.05) is 20.2 Å². The second kappa shape index (κ2) is 5.96. The van der Waals surface area contributed by atoms with Gasteiger partial charge in [0.15, 0.2) is 0 Å². The summed E-state index contributed by atoms with van der Waals surface area (Å²) >= 11 is 0. The van der Waals surface area contributed by atoms with Crippen LogP contribution in [0.1, 0.15) is 12.0 Å². The first-order chi connectivity index (χ1) is 9.11. The maximum atomic E-state index is 11.5. The molecular weight excluding hydrogens is 248 g/mol. The summed E-state index contributed by atoms with van der Waals surface area (Å²) in [6.07, 6.45) is 2.93. The number of aromatic amines is 2. The molecule has 0 aliphatic rings. The van der Waals surface area contributed by atoms with Crippen molar-refractivity contribution in [1.82, 2.24) is 19.9 Å². The lowest BCUT2D eigenvalue weighted by atomic mass is 10.2. The molecule has 7 heteroatoms. The standard InChI is InChI=1S/C12H18N4O3/c1-16(6-9(18)2-3-17)5-8-4-13-11-10(8)14-7-15-12(11)19/h4,7,9,13,17-18H,2-3,5-6H2,1H3,(H,14,15,19). The van der Waals surface area contributed by atoms with E-state index >= 15 is 0 Å². The first kappa shape index (κ1) is 13.7. The van der Waals surface area contributed by atoms with Gasteiger partial charge in [-0.25, -0.2) is 4.98 Å². The van der Waals surface area contributed by atoms with Gasteiger partial charge >= 0.3 is 0 Å². The van der Waals surface area contributed by atoms with Crippen molar-refractivity contribution in [2.45, 2.75) is 19.1 Å². The van der Waals surface area contributed by atoms with Crippen LogP contribution in [-0.2, 0) is 6.54 Å². The first-order valence-electron chi connectivity index (χ1n) is 6.13. The fourth-order valence-corrected chi connectivity index (χ4v) is 2.08. The van der Waals surface area contributed by atoms with Crippen LogP contribution in [0.2, 0.25) is 0 Å². The van der Waals surface area contributed by atoms with E-state index in [-0.39, 0.29) is 12.2 Å². The van der Waals surface area contributed by atoms with E-state index in [1.807, 2.05) is 11.9 Å². The number of H-pyrrole nitrogens is 2. The number of nitrogens with one attached hydrogen (secondary N) is 2. The van der Waals surface area contributed by atoms with Crippen molar-refractivity contribution in [3.05, 3.63) is 28.4 Å². The highest BCUT2D eigenvalue weighted by Gasteiger charge is 2.12. The number of nitrogens with zero attached hydrogens (tertiary/aromatic N) is 2. The van der Waals surface area contributed by atoms with Crippen LogP contribution >= 0.6 is 0 Å². The van der Waals surface area contributed by atoms with E-state index in [1.165, 1.54) is 6.33 Å². The number of hydrogen-bond acceptors (Lipinski definition) is 5. The summed E-state index contributed by atoms with van der Waals surface area (Å²) in [5.41, 5.74) is 1.81. The Bertz CT molecular complexity index is 592. The molecule has 2 rings (SSSR count). The Morgan fingerprint density at radius 3 is 3.00 bits per heavy atom. The van der Waals surface area contributed by atoms with Gasteiger partial charge in [0, 0.05) is 31.5 Å². The lowest BCUT2D eigenvalue weighted by Crippen LogP contribution is -2.29. The van der Waals surface area contributed by atoms with Crippen LogP contribution < -0.4 is 5.56 Å². The zero-order chi connectivity index (χ0) is 13.8. The lowest BCUT2D eigenvalue weighted by molar-refractivity contribution is 0.0952. The van der Waals surface area contributed by atoms with Gasteiger partial charge < -0.3 is 20.2 Å². The van der Waals surface area contributed by atoms with Crippen LogP contribution in [0.5, 0.6) is 0 Å². The molecule has 0 aliphatic heterocycles. The highest BCUT2D eigenvalue weighted by atomic mass is 16.3. The topological polar surface area (TPSA) is 105 Å². The van der Waals surface area contributed by atoms with Gasteiger partial charge in [0.25, 0.3) is 5.56 Å². The third-order valence-corrected chi connectivity index (χ3v) is 2.97. The summed E-state index contributed by atoms with van der Waals surface area (Å²) < 4.78 is 0. The van der Waals surface area contributed by atoms with Gasteiger partial charge in [0.2, 0.25) is 0 Å². The molecule has 104 valence electrons. The molecule has 0 spiro atoms. The molecule has 0 fully saturated rings. The predicted molar refractivity (Wildman–Crippen MR) is 70.8 cm³/mol. The molecule has 0 amide bonds. The van der Waals surface area contributed by atoms with Gasteiger partial charge in [-0.2, -0.15) is 0 Å². The van der Waals surface area contributed by atoms with E-state index in [4.69, 9.17) is 5.11 Å². The minimum absolute atomic E-state index is 0.0287. The number of aromatic nitrogens is 3. The molecule has 0 aliphatic carbocycles. The number of aliphatic hydroxyl groups is 2. The smallest absolute Gasteiger partial charge is 0.275 e. The van der Waals surface area contributed by atoms with Gasteiger partial charge in [0.05, 0.1) is 17.9 Å². The molecule has 2 heterocycles. The molecular formula is C12H18N4O3. The summed E-state index contributed by atoms with van der Waals surface area (Å²) in [5, 5.41) is 18.4. The van der Waals surface area contributed by atoms with Gasteiger partial charge in [0.1, 0.15) is 5.52 Å². The molecule has 1 atom stereocenters. The predicted octanol–water partition coefficient (Wildman–Crippen LogP) is -0.574. The Morgan fingerprint density at radius 2 is 2.26 bits per heavy atom. The Hall–Kier alpha value is -1.70. The fraction of sp³-hybridized carbons (Fsp3) is 0.500. The summed E-state index contributed by atoms with van der Waals surface area (Å²) in [6.45, 7) is 0.994. The Kier molecular flexibility index (Phi) is 4.31. The number of fused-ring (bicyclic) bond motifs is 1. The number of aliphatic hydroxyl groups excluding tert-OH is 2. The van der Waals surface area contributed by atoms with E-state index in [2.05, 4.69) is 15.0 Å². The first-order valence-corrected chi connectivity index (χ1v) is 6.13. The van der Waals surface area contributed by atoms with Crippen molar-refractivity contribution in [2.24, 2.45) is 0 Å². The maximum absolute atomic E-state index is 11.5. The van der Waals surface area contributed by atoms with E-state index in [0.29, 0.717) is 30.5 Å². The fourth-order valence-electron chi connectivity index (χ4n) is 2.08. The van der Waals surface area contributed by atoms with Gasteiger partial charge in [-0.1, -0.05) is 0 Å². The third kappa shape index (κ3) is 3.19. The van der Waals surface area contributed by atoms with Crippen LogP contribution in [0.4, 0.5) is 0 Å². The molecule has 0 radical (unpaired) electrons. The molecule has 0 bridgehead atoms. The quantitative estimate of drug-likeness (QED) is 0.560. The molecule has 2 aromatic rings. The van der Waals surface area contributed by atoms with Crippen molar-refractivity contribution in [3.8, 4) is 0 Å². The molecule has 19 heavy (non-hydrogen) atoms. The lowest BCUT2D eigenvalue weighted by Gasteiger charge is -2.19. The number of likely N-dealkylation sites (N-methyl/N-ethyl adjacent to an activating group) is 1. The highest BCUT2D eigenvalue weighted by Crippen LogP contribution is 2.13. The maximum Gasteiger partial charge on any atom is 0.275 e. The summed E-state index contributed by atoms with van der Waals surface area (Å²) in [5.74, 6) is 0. The number of hydrogen-bond donors (Lipinski definition) is 4. The van der Waals surface area contributed by atoms with Gasteiger partial charge in [-0.05, 0) is 13.5 Å². The Balaban J connectivity index is 2.09. The van der Waals surface area contributed by atoms with E-state index in [0.717, 1.165) is 5.56 Å². The van der Waals surface area contributed by atoms with Crippen LogP contribution in [0.15, 0.2) is 17.3 Å². The van der Waals surface area contributed by atoms with Crippen LogP contribution in [0.3, 0.4) is 0 Å². The molecule has 2 aromatic heterocycles. The van der Waals surface area contributed by atoms with Crippen molar-refractivity contribution in [1.29, 1.82) is 0 Å². The monoisotopic (exact) mass is 266 g/mol. The van der Waals surface area contributed by atoms with Gasteiger partial charge in [-0.3, -0.25) is 9.69 Å². The third-order valence-electron chi connectivity index (χ3n) is 2.97. The molecule has 7 nitrogen and oxygen atoms in total. The van der Waals surface area contributed by atoms with Crippen LogP contribution in [0, 0.1) is 0 Å². The Morgan fingerprint density at radius 1 is 1.47 bits per heavy atom. The normalized spacial score (nSPS) is 13.3. The summed E-state index contributed by atoms with van der Waals surface area (Å²) in [6, 6.07) is 0. The van der Waals surface area contributed by atoms with E-state index in [9.17, 15) is 9.90 Å². The van der Waals surface area contributed by atoms with Gasteiger partial charge in [-0.15, -0.1) is 0 Å². The van der Waals surface area contributed by atoms with Crippen molar-refractivity contribution in [3.63, 3.8) is 0 Å². The highest BCUT2D eigenvalue weighted by molar-refractivity contribution is 5.77. The number of rotatable bonds is 6. The average Bonchev–Trinajstić information content (AvgIpc) is 2.74. The zero-order valence-corrected chi connectivity index (χ0v) is 10.8. The minimum atomic E-state index is -0.559. The van der Waals surface area contributed by atoms with Crippen molar-refractivity contribution < 1.29 is 10.2 Å². The summed E-state index contributed by atoms with van der Waals surface area (Å²) in [7, 11) is 1.87. The molecule has 0 saturated heterocycles. The SMILES string of the molecule is CN(Cc1c[nH]c2c(=O)[nH]cnc12)CC(O)CCO. The largest absolute Gasteiger partial charge is 0.396 e. The van der Waals surface area contributed by atoms with Crippen molar-refractivity contribution >= 4 is 11.0 Å². The minimum Gasteiger partial charge on any atom is -0.396 e. The van der Waals surface area contributed by atoms with E-state index < -0.39 is 6.10 Å². The Labute approximate surface area is 109 Å². The second-order valence-electron chi connectivity index (χ2n) is 4.63. The molecule has 1 unspecified atom stereocenters. The zero-order valence-electron chi connectivity index (χ0n) is 10.8. The second-order valence-corrected chi connectivity index (χ2v) is 4.63. The molecule has 4 N–H and O–H groups in total. The molecule has 0 saturated carbocycles.